The second-order valence-electron chi connectivity index (χ2n) is 8.43. The van der Waals surface area contributed by atoms with E-state index in [-0.39, 0.29) is 12.1 Å². The summed E-state index contributed by atoms with van der Waals surface area (Å²) < 4.78 is 59.1. The number of nitrogens with one attached hydrogen (secondary N) is 1. The van der Waals surface area contributed by atoms with E-state index in [2.05, 4.69) is 28.6 Å². The summed E-state index contributed by atoms with van der Waals surface area (Å²) in [7, 11) is 0. The van der Waals surface area contributed by atoms with E-state index in [1.165, 1.54) is 23.5 Å². The molecule has 0 aliphatic rings. The molecule has 182 valence electrons. The SMILES string of the molecule is C=CCNc1nc(=C)s/c1=C\c1ccc2nn(Cc3ccc(C(C)(F)F)cc3C(C)(F)F)cc2c1. The molecule has 35 heavy (non-hydrogen) atoms. The van der Waals surface area contributed by atoms with E-state index in [9.17, 15) is 17.6 Å². The lowest BCUT2D eigenvalue weighted by Crippen LogP contribution is -2.16. The van der Waals surface area contributed by atoms with Gasteiger partial charge in [-0.05, 0) is 35.4 Å². The smallest absolute Gasteiger partial charge is 0.270 e. The maximum atomic E-state index is 14.3. The predicted molar refractivity (Wildman–Crippen MR) is 134 cm³/mol. The Balaban J connectivity index is 1.68. The molecule has 0 saturated heterocycles. The molecule has 0 fully saturated rings. The molecule has 2 heterocycles. The van der Waals surface area contributed by atoms with Crippen LogP contribution in [0.2, 0.25) is 0 Å². The lowest BCUT2D eigenvalue weighted by atomic mass is 9.97. The first-order valence-corrected chi connectivity index (χ1v) is 11.6. The van der Waals surface area contributed by atoms with Crippen LogP contribution in [0.1, 0.15) is 36.1 Å². The molecule has 0 bridgehead atoms. The van der Waals surface area contributed by atoms with Crippen molar-refractivity contribution < 1.29 is 17.6 Å². The van der Waals surface area contributed by atoms with Crippen LogP contribution >= 0.6 is 11.3 Å². The van der Waals surface area contributed by atoms with Gasteiger partial charge in [0.2, 0.25) is 0 Å². The minimum absolute atomic E-state index is 0.0252. The van der Waals surface area contributed by atoms with Crippen LogP contribution in [0, 0.1) is 0 Å². The summed E-state index contributed by atoms with van der Waals surface area (Å²) in [4.78, 5) is 4.40. The molecule has 0 saturated carbocycles. The van der Waals surface area contributed by atoms with E-state index >= 15 is 0 Å². The van der Waals surface area contributed by atoms with Gasteiger partial charge >= 0.3 is 0 Å². The van der Waals surface area contributed by atoms with Gasteiger partial charge in [-0.1, -0.05) is 30.9 Å². The number of hydrogen-bond donors (Lipinski definition) is 1. The number of alkyl halides is 4. The molecule has 0 amide bonds. The Morgan fingerprint density at radius 2 is 1.86 bits per heavy atom. The third kappa shape index (κ3) is 5.62. The van der Waals surface area contributed by atoms with Crippen molar-refractivity contribution in [1.82, 2.24) is 14.8 Å². The molecule has 1 N–H and O–H groups in total. The largest absolute Gasteiger partial charge is 0.365 e. The zero-order chi connectivity index (χ0) is 25.4. The van der Waals surface area contributed by atoms with Crippen molar-refractivity contribution in [3.8, 4) is 0 Å². The fourth-order valence-electron chi connectivity index (χ4n) is 3.76. The van der Waals surface area contributed by atoms with Crippen molar-refractivity contribution in [2.45, 2.75) is 32.2 Å². The van der Waals surface area contributed by atoms with Gasteiger partial charge in [-0.3, -0.25) is 4.68 Å². The fraction of sp³-hybridized carbons (Fsp3) is 0.231. The van der Waals surface area contributed by atoms with E-state index in [4.69, 9.17) is 0 Å². The van der Waals surface area contributed by atoms with Crippen LogP contribution in [0.3, 0.4) is 0 Å². The standard InChI is InChI=1S/C26H24F4N4S/c1-5-10-31-24-23(35-16(2)32-24)12-17-6-9-22-19(11-17)15-34(33-22)14-18-7-8-20(25(3,27)28)13-21(18)26(4,29)30/h5-9,11-13,15H,1-2,10,14H2,3-4H3,(H,31,32)/b23-12-. The quantitative estimate of drug-likeness (QED) is 0.253. The van der Waals surface area contributed by atoms with Gasteiger partial charge < -0.3 is 5.32 Å². The summed E-state index contributed by atoms with van der Waals surface area (Å²) in [6, 6.07) is 9.08. The van der Waals surface area contributed by atoms with Gasteiger partial charge in [0.05, 0.1) is 16.6 Å². The first-order chi connectivity index (χ1) is 16.4. The highest BCUT2D eigenvalue weighted by atomic mass is 32.1. The minimum atomic E-state index is -3.27. The summed E-state index contributed by atoms with van der Waals surface area (Å²) in [6.07, 6.45) is 5.48. The van der Waals surface area contributed by atoms with Gasteiger partial charge in [-0.25, -0.2) is 22.5 Å². The number of halogens is 4. The van der Waals surface area contributed by atoms with Crippen molar-refractivity contribution in [1.29, 1.82) is 0 Å². The van der Waals surface area contributed by atoms with Crippen LogP contribution in [0.15, 0.2) is 55.3 Å². The zero-order valence-electron chi connectivity index (χ0n) is 19.3. The monoisotopic (exact) mass is 500 g/mol. The second kappa shape index (κ2) is 9.30. The molecule has 2 aromatic heterocycles. The van der Waals surface area contributed by atoms with Crippen LogP contribution in [-0.4, -0.2) is 21.3 Å². The van der Waals surface area contributed by atoms with Crippen LogP contribution in [0.4, 0.5) is 23.4 Å². The molecule has 4 nitrogen and oxygen atoms in total. The molecule has 0 aliphatic heterocycles. The van der Waals surface area contributed by atoms with Crippen molar-refractivity contribution >= 4 is 40.7 Å². The highest BCUT2D eigenvalue weighted by molar-refractivity contribution is 7.07. The van der Waals surface area contributed by atoms with E-state index < -0.39 is 23.0 Å². The number of aromatic nitrogens is 3. The zero-order valence-corrected chi connectivity index (χ0v) is 20.1. The Morgan fingerprint density at radius 3 is 2.54 bits per heavy atom. The Bertz CT molecular complexity index is 1490. The summed E-state index contributed by atoms with van der Waals surface area (Å²) in [6.45, 7) is 9.60. The first-order valence-electron chi connectivity index (χ1n) is 10.8. The van der Waals surface area contributed by atoms with Gasteiger partial charge in [0.15, 0.2) is 0 Å². The van der Waals surface area contributed by atoms with E-state index in [1.54, 1.807) is 17.0 Å². The number of anilines is 1. The van der Waals surface area contributed by atoms with Gasteiger partial charge in [-0.15, -0.1) is 17.9 Å². The normalized spacial score (nSPS) is 12.9. The molecule has 4 rings (SSSR count). The number of hydrogen-bond acceptors (Lipinski definition) is 4. The summed E-state index contributed by atoms with van der Waals surface area (Å²) in [5.74, 6) is -5.76. The highest BCUT2D eigenvalue weighted by Crippen LogP contribution is 2.35. The molecule has 4 aromatic rings. The third-order valence-electron chi connectivity index (χ3n) is 5.41. The molecular formula is C26H24F4N4S. The number of thiazole rings is 1. The number of benzene rings is 2. The lowest BCUT2D eigenvalue weighted by molar-refractivity contribution is 0.00990. The Kier molecular flexibility index (Phi) is 6.55. The predicted octanol–water partition coefficient (Wildman–Crippen LogP) is 5.60. The Hall–Kier alpha value is -3.46. The number of rotatable bonds is 8. The molecule has 0 atom stereocenters. The average molecular weight is 501 g/mol. The van der Waals surface area contributed by atoms with E-state index in [1.807, 2.05) is 24.3 Å². The summed E-state index contributed by atoms with van der Waals surface area (Å²) in [5.41, 5.74) is 0.960. The molecule has 0 spiro atoms. The molecule has 9 heteroatoms. The minimum Gasteiger partial charge on any atom is -0.365 e. The third-order valence-corrected chi connectivity index (χ3v) is 6.27. The van der Waals surface area contributed by atoms with Crippen LogP contribution in [0.25, 0.3) is 23.6 Å². The molecule has 0 aliphatic carbocycles. The lowest BCUT2D eigenvalue weighted by Gasteiger charge is -2.19. The molecule has 0 radical (unpaired) electrons. The number of fused-ring (bicyclic) bond motifs is 1. The van der Waals surface area contributed by atoms with Gasteiger partial charge in [0, 0.05) is 43.1 Å². The fourth-order valence-corrected chi connectivity index (χ4v) is 4.56. The van der Waals surface area contributed by atoms with Gasteiger partial charge in [-0.2, -0.15) is 5.10 Å². The van der Waals surface area contributed by atoms with Gasteiger partial charge in [0.1, 0.15) is 10.5 Å². The maximum absolute atomic E-state index is 14.3. The Labute approximate surface area is 203 Å². The maximum Gasteiger partial charge on any atom is 0.270 e. The molecule has 2 aromatic carbocycles. The molecular weight excluding hydrogens is 476 g/mol. The van der Waals surface area contributed by atoms with Crippen LogP contribution in [-0.2, 0) is 18.4 Å². The van der Waals surface area contributed by atoms with Crippen molar-refractivity contribution in [3.05, 3.63) is 86.7 Å². The highest BCUT2D eigenvalue weighted by Gasteiger charge is 2.32. The van der Waals surface area contributed by atoms with Crippen LogP contribution < -0.4 is 14.5 Å². The molecule has 0 unspecified atom stereocenters. The topological polar surface area (TPSA) is 42.7 Å². The summed E-state index contributed by atoms with van der Waals surface area (Å²) in [5, 5.41) is 8.49. The van der Waals surface area contributed by atoms with Crippen molar-refractivity contribution in [3.63, 3.8) is 0 Å². The number of nitrogens with zero attached hydrogens (tertiary/aromatic N) is 3. The van der Waals surface area contributed by atoms with Crippen molar-refractivity contribution in [2.75, 3.05) is 11.9 Å². The van der Waals surface area contributed by atoms with E-state index in [0.29, 0.717) is 30.6 Å². The van der Waals surface area contributed by atoms with Gasteiger partial charge in [0.25, 0.3) is 11.8 Å². The van der Waals surface area contributed by atoms with E-state index in [0.717, 1.165) is 27.4 Å². The average Bonchev–Trinajstić information content (AvgIpc) is 3.32. The van der Waals surface area contributed by atoms with Crippen LogP contribution in [0.5, 0.6) is 0 Å². The second-order valence-corrected chi connectivity index (χ2v) is 9.54. The Morgan fingerprint density at radius 1 is 1.09 bits per heavy atom. The van der Waals surface area contributed by atoms with Crippen molar-refractivity contribution in [2.24, 2.45) is 0 Å². The first kappa shape index (κ1) is 24.7. The summed E-state index contributed by atoms with van der Waals surface area (Å²) >= 11 is 1.46.